The third-order valence-electron chi connectivity index (χ3n) is 5.30. The molecule has 0 saturated heterocycles. The van der Waals surface area contributed by atoms with Crippen LogP contribution in [0.5, 0.6) is 0 Å². The normalized spacial score (nSPS) is 10.2. The summed E-state index contributed by atoms with van der Waals surface area (Å²) in [6.45, 7) is 2.69. The molecule has 0 spiro atoms. The van der Waals surface area contributed by atoms with E-state index in [9.17, 15) is 14.4 Å². The van der Waals surface area contributed by atoms with Gasteiger partial charge in [-0.05, 0) is 55.0 Å². The van der Waals surface area contributed by atoms with Crippen LogP contribution in [0.25, 0.3) is 0 Å². The number of rotatable bonds is 10. The van der Waals surface area contributed by atoms with Crippen molar-refractivity contribution in [2.75, 3.05) is 23.4 Å². The summed E-state index contributed by atoms with van der Waals surface area (Å²) in [7, 11) is 0. The van der Waals surface area contributed by atoms with Crippen molar-refractivity contribution in [2.24, 2.45) is 0 Å². The summed E-state index contributed by atoms with van der Waals surface area (Å²) in [4.78, 5) is 38.8. The average Bonchev–Trinajstić information content (AvgIpc) is 2.89. The molecule has 3 aromatic carbocycles. The molecule has 7 nitrogen and oxygen atoms in total. The van der Waals surface area contributed by atoms with Gasteiger partial charge in [-0.3, -0.25) is 14.4 Å². The number of nitrogens with zero attached hydrogens (tertiary/aromatic N) is 1. The second kappa shape index (κ2) is 13.7. The van der Waals surface area contributed by atoms with Crippen LogP contribution in [0.2, 0.25) is 0 Å². The topological polar surface area (TPSA) is 87.7 Å². The van der Waals surface area contributed by atoms with Crippen molar-refractivity contribution in [3.63, 3.8) is 0 Å². The fourth-order valence-corrected chi connectivity index (χ4v) is 3.74. The Labute approximate surface area is 216 Å². The number of thiocarbonyl (C=S) groups is 1. The summed E-state index contributed by atoms with van der Waals surface area (Å²) in [5.74, 6) is -0.987. The zero-order valence-electron chi connectivity index (χ0n) is 20.1. The van der Waals surface area contributed by atoms with E-state index in [0.29, 0.717) is 24.2 Å². The molecule has 0 aromatic heterocycles. The van der Waals surface area contributed by atoms with E-state index in [1.807, 2.05) is 67.6 Å². The zero-order valence-corrected chi connectivity index (χ0v) is 20.9. The molecule has 0 bridgehead atoms. The highest BCUT2D eigenvalue weighted by Gasteiger charge is 2.16. The quantitative estimate of drug-likeness (QED) is 0.307. The molecule has 0 aliphatic carbocycles. The highest BCUT2D eigenvalue weighted by Crippen LogP contribution is 2.18. The maximum Gasteiger partial charge on any atom is 0.306 e. The molecule has 0 saturated carbocycles. The lowest BCUT2D eigenvalue weighted by Crippen LogP contribution is -2.34. The minimum atomic E-state index is -0.440. The second-order valence-corrected chi connectivity index (χ2v) is 8.33. The van der Waals surface area contributed by atoms with Crippen LogP contribution in [0.3, 0.4) is 0 Å². The minimum Gasteiger partial charge on any atom is -0.465 e. The molecule has 36 heavy (non-hydrogen) atoms. The van der Waals surface area contributed by atoms with Gasteiger partial charge in [0.25, 0.3) is 5.91 Å². The predicted octanol–water partition coefficient (Wildman–Crippen LogP) is 4.73. The van der Waals surface area contributed by atoms with Crippen molar-refractivity contribution >= 4 is 46.5 Å². The Hall–Kier alpha value is -4.04. The van der Waals surface area contributed by atoms with Crippen LogP contribution in [0.15, 0.2) is 84.9 Å². The van der Waals surface area contributed by atoms with Crippen LogP contribution >= 0.6 is 12.2 Å². The SMILES string of the molecule is CCN(C(=O)c1cccc(NC(=S)NC(=O)CCC(=O)OCCc2ccccc2)c1)c1ccccc1. The van der Waals surface area contributed by atoms with E-state index in [1.165, 1.54) is 0 Å². The molecule has 3 aromatic rings. The predicted molar refractivity (Wildman–Crippen MR) is 145 cm³/mol. The number of esters is 1. The number of anilines is 2. The number of hydrogen-bond donors (Lipinski definition) is 2. The number of nitrogens with one attached hydrogen (secondary N) is 2. The highest BCUT2D eigenvalue weighted by molar-refractivity contribution is 7.80. The summed E-state index contributed by atoms with van der Waals surface area (Å²) >= 11 is 5.22. The van der Waals surface area contributed by atoms with Crippen molar-refractivity contribution in [1.82, 2.24) is 5.32 Å². The van der Waals surface area contributed by atoms with Gasteiger partial charge in [0, 0.05) is 36.3 Å². The van der Waals surface area contributed by atoms with Gasteiger partial charge in [-0.15, -0.1) is 0 Å². The van der Waals surface area contributed by atoms with Crippen LogP contribution in [-0.2, 0) is 20.7 Å². The number of hydrogen-bond acceptors (Lipinski definition) is 5. The Morgan fingerprint density at radius 3 is 2.28 bits per heavy atom. The van der Waals surface area contributed by atoms with Crippen molar-refractivity contribution in [2.45, 2.75) is 26.2 Å². The van der Waals surface area contributed by atoms with E-state index in [0.717, 1.165) is 11.3 Å². The number of ether oxygens (including phenoxy) is 1. The maximum atomic E-state index is 13.0. The Morgan fingerprint density at radius 2 is 1.58 bits per heavy atom. The van der Waals surface area contributed by atoms with E-state index >= 15 is 0 Å². The molecule has 0 fully saturated rings. The first-order valence-electron chi connectivity index (χ1n) is 11.7. The Morgan fingerprint density at radius 1 is 0.889 bits per heavy atom. The van der Waals surface area contributed by atoms with E-state index < -0.39 is 11.9 Å². The molecule has 0 aliphatic heterocycles. The summed E-state index contributed by atoms with van der Waals surface area (Å²) < 4.78 is 5.19. The molecule has 3 rings (SSSR count). The van der Waals surface area contributed by atoms with Crippen LogP contribution in [0, 0.1) is 0 Å². The highest BCUT2D eigenvalue weighted by atomic mass is 32.1. The Kier molecular flexibility index (Phi) is 10.1. The van der Waals surface area contributed by atoms with E-state index in [4.69, 9.17) is 17.0 Å². The third-order valence-corrected chi connectivity index (χ3v) is 5.51. The molecule has 0 aliphatic rings. The first kappa shape index (κ1) is 26.6. The monoisotopic (exact) mass is 503 g/mol. The Balaban J connectivity index is 1.44. The average molecular weight is 504 g/mol. The first-order chi connectivity index (χ1) is 17.5. The maximum absolute atomic E-state index is 13.0. The fourth-order valence-electron chi connectivity index (χ4n) is 3.50. The summed E-state index contributed by atoms with van der Waals surface area (Å²) in [6.07, 6.45) is 0.530. The van der Waals surface area contributed by atoms with Crippen molar-refractivity contribution in [3.05, 3.63) is 96.1 Å². The lowest BCUT2D eigenvalue weighted by Gasteiger charge is -2.21. The number of para-hydroxylation sites is 1. The van der Waals surface area contributed by atoms with Gasteiger partial charge in [0.1, 0.15) is 0 Å². The van der Waals surface area contributed by atoms with Crippen LogP contribution in [0.4, 0.5) is 11.4 Å². The van der Waals surface area contributed by atoms with E-state index in [1.54, 1.807) is 29.2 Å². The number of carbonyl (C=O) groups is 3. The van der Waals surface area contributed by atoms with Gasteiger partial charge in [0.15, 0.2) is 5.11 Å². The van der Waals surface area contributed by atoms with Crippen molar-refractivity contribution < 1.29 is 19.1 Å². The molecule has 0 radical (unpaired) electrons. The molecular weight excluding hydrogens is 474 g/mol. The van der Waals surface area contributed by atoms with E-state index in [2.05, 4.69) is 10.6 Å². The zero-order chi connectivity index (χ0) is 25.8. The van der Waals surface area contributed by atoms with Crippen LogP contribution in [0.1, 0.15) is 35.7 Å². The molecule has 0 unspecified atom stereocenters. The van der Waals surface area contributed by atoms with Gasteiger partial charge >= 0.3 is 5.97 Å². The molecular formula is C28H29N3O4S. The minimum absolute atomic E-state index is 0.0421. The molecule has 186 valence electrons. The number of amides is 2. The Bertz CT molecular complexity index is 1190. The number of carbonyl (C=O) groups excluding carboxylic acids is 3. The lowest BCUT2D eigenvalue weighted by atomic mass is 10.1. The summed E-state index contributed by atoms with van der Waals surface area (Å²) in [6, 6.07) is 26.0. The fraction of sp³-hybridized carbons (Fsp3) is 0.214. The summed E-state index contributed by atoms with van der Waals surface area (Å²) in [5, 5.41) is 5.55. The molecule has 0 atom stereocenters. The van der Waals surface area contributed by atoms with Gasteiger partial charge in [-0.1, -0.05) is 54.6 Å². The van der Waals surface area contributed by atoms with Gasteiger partial charge in [-0.2, -0.15) is 0 Å². The van der Waals surface area contributed by atoms with E-state index in [-0.39, 0.29) is 30.5 Å². The molecule has 8 heteroatoms. The number of benzene rings is 3. The van der Waals surface area contributed by atoms with Crippen LogP contribution in [-0.4, -0.2) is 36.0 Å². The molecule has 2 amide bonds. The van der Waals surface area contributed by atoms with Crippen molar-refractivity contribution in [1.29, 1.82) is 0 Å². The van der Waals surface area contributed by atoms with Gasteiger partial charge in [0.2, 0.25) is 5.91 Å². The standard InChI is InChI=1S/C28H29N3O4S/c1-2-31(24-14-7-4-8-15-24)27(34)22-12-9-13-23(20-22)29-28(36)30-25(32)16-17-26(33)35-19-18-21-10-5-3-6-11-21/h3-15,20H,2,16-19H2,1H3,(H2,29,30,32,36). The van der Waals surface area contributed by atoms with Crippen molar-refractivity contribution in [3.8, 4) is 0 Å². The summed E-state index contributed by atoms with van der Waals surface area (Å²) in [5.41, 5.74) is 2.94. The molecule has 0 heterocycles. The van der Waals surface area contributed by atoms with Gasteiger partial charge in [0.05, 0.1) is 13.0 Å². The third kappa shape index (κ3) is 8.32. The molecule has 2 N–H and O–H groups in total. The largest absolute Gasteiger partial charge is 0.465 e. The smallest absolute Gasteiger partial charge is 0.306 e. The van der Waals surface area contributed by atoms with Gasteiger partial charge < -0.3 is 20.3 Å². The van der Waals surface area contributed by atoms with Gasteiger partial charge in [-0.25, -0.2) is 0 Å². The lowest BCUT2D eigenvalue weighted by molar-refractivity contribution is -0.144. The van der Waals surface area contributed by atoms with Crippen LogP contribution < -0.4 is 15.5 Å². The first-order valence-corrected chi connectivity index (χ1v) is 12.1. The second-order valence-electron chi connectivity index (χ2n) is 7.92.